The third-order valence-electron chi connectivity index (χ3n) is 3.49. The molecule has 21 heavy (non-hydrogen) atoms. The molecule has 1 atom stereocenters. The molecule has 1 aromatic rings. The molecular formula is C12H15N3O4S2. The van der Waals surface area contributed by atoms with Crippen LogP contribution in [0.2, 0.25) is 0 Å². The summed E-state index contributed by atoms with van der Waals surface area (Å²) in [5.41, 5.74) is -0.357. The highest BCUT2D eigenvalue weighted by atomic mass is 32.2. The molecule has 0 fully saturated rings. The molecule has 1 aliphatic rings. The maximum absolute atomic E-state index is 12.4. The predicted molar refractivity (Wildman–Crippen MR) is 79.2 cm³/mol. The van der Waals surface area contributed by atoms with Crippen LogP contribution in [-0.4, -0.2) is 26.0 Å². The predicted octanol–water partition coefficient (Wildman–Crippen LogP) is 2.19. The number of rotatable bonds is 6. The quantitative estimate of drug-likeness (QED) is 0.846. The first-order valence-corrected chi connectivity index (χ1v) is 8.46. The zero-order valence-electron chi connectivity index (χ0n) is 11.5. The van der Waals surface area contributed by atoms with Crippen molar-refractivity contribution in [2.45, 2.75) is 25.2 Å². The molecule has 7 nitrogen and oxygen atoms in total. The summed E-state index contributed by atoms with van der Waals surface area (Å²) < 4.78 is 35.1. The van der Waals surface area contributed by atoms with Crippen molar-refractivity contribution in [1.82, 2.24) is 4.72 Å². The fraction of sp³-hybridized carbons (Fsp3) is 0.417. The Balaban J connectivity index is 2.27. The number of hydrogen-bond acceptors (Lipinski definition) is 5. The minimum atomic E-state index is -3.84. The molecule has 2 N–H and O–H groups in total. The zero-order valence-corrected chi connectivity index (χ0v) is 13.2. The lowest BCUT2D eigenvalue weighted by atomic mass is 9.88. The van der Waals surface area contributed by atoms with Crippen LogP contribution in [0.3, 0.4) is 0 Å². The topological polar surface area (TPSA) is 108 Å². The van der Waals surface area contributed by atoms with Crippen molar-refractivity contribution in [2.24, 2.45) is 14.1 Å². The molecule has 1 heterocycles. The van der Waals surface area contributed by atoms with Crippen LogP contribution in [0.4, 0.5) is 11.4 Å². The summed E-state index contributed by atoms with van der Waals surface area (Å²) in [6, 6.07) is 4.68. The second-order valence-corrected chi connectivity index (χ2v) is 7.20. The van der Waals surface area contributed by atoms with E-state index in [0.29, 0.717) is 17.8 Å². The van der Waals surface area contributed by atoms with Crippen molar-refractivity contribution in [3.63, 3.8) is 0 Å². The Labute approximate surface area is 126 Å². The first kappa shape index (κ1) is 15.8. The summed E-state index contributed by atoms with van der Waals surface area (Å²) in [6.07, 6.45) is 0.313. The second kappa shape index (κ2) is 5.66. The SMILES string of the molecule is CCC(C)(CNS(=O)(=O)c1cccc2c1N=S=N2)C(=O)O. The molecule has 0 aromatic heterocycles. The fourth-order valence-electron chi connectivity index (χ4n) is 1.68. The number of carboxylic acid groups (broad SMARTS) is 1. The van der Waals surface area contributed by atoms with Crippen LogP contribution in [0.25, 0.3) is 0 Å². The van der Waals surface area contributed by atoms with Crippen molar-refractivity contribution in [3.8, 4) is 0 Å². The fourth-order valence-corrected chi connectivity index (χ4v) is 3.62. The van der Waals surface area contributed by atoms with Gasteiger partial charge in [-0.3, -0.25) is 4.79 Å². The molecule has 2 rings (SSSR count). The van der Waals surface area contributed by atoms with Crippen molar-refractivity contribution < 1.29 is 18.3 Å². The van der Waals surface area contributed by atoms with Gasteiger partial charge < -0.3 is 5.11 Å². The van der Waals surface area contributed by atoms with E-state index in [0.717, 1.165) is 11.4 Å². The second-order valence-electron chi connectivity index (χ2n) is 4.93. The Kier molecular flexibility index (Phi) is 4.26. The van der Waals surface area contributed by atoms with Crippen LogP contribution in [0.15, 0.2) is 31.8 Å². The van der Waals surface area contributed by atoms with Crippen LogP contribution in [0.1, 0.15) is 20.3 Å². The average molecular weight is 329 g/mol. The Morgan fingerprint density at radius 1 is 1.43 bits per heavy atom. The number of benzene rings is 1. The number of sulfonamides is 1. The maximum atomic E-state index is 12.4. The van der Waals surface area contributed by atoms with Crippen LogP contribution in [0, 0.1) is 5.41 Å². The summed E-state index contributed by atoms with van der Waals surface area (Å²) in [4.78, 5) is 11.2. The van der Waals surface area contributed by atoms with E-state index in [4.69, 9.17) is 0 Å². The van der Waals surface area contributed by atoms with E-state index < -0.39 is 21.4 Å². The third-order valence-corrected chi connectivity index (χ3v) is 5.46. The molecule has 0 saturated heterocycles. The smallest absolute Gasteiger partial charge is 0.310 e. The van der Waals surface area contributed by atoms with Crippen molar-refractivity contribution in [2.75, 3.05) is 6.54 Å². The molecule has 9 heteroatoms. The molecule has 0 saturated carbocycles. The lowest BCUT2D eigenvalue weighted by Crippen LogP contribution is -2.40. The van der Waals surface area contributed by atoms with E-state index in [-0.39, 0.29) is 11.4 Å². The maximum Gasteiger partial charge on any atom is 0.310 e. The molecule has 0 aliphatic carbocycles. The molecule has 0 amide bonds. The van der Waals surface area contributed by atoms with Crippen molar-refractivity contribution in [3.05, 3.63) is 18.2 Å². The van der Waals surface area contributed by atoms with Crippen LogP contribution >= 0.6 is 0 Å². The molecule has 1 aliphatic heterocycles. The van der Waals surface area contributed by atoms with E-state index in [1.807, 2.05) is 0 Å². The van der Waals surface area contributed by atoms with E-state index in [1.54, 1.807) is 19.1 Å². The lowest BCUT2D eigenvalue weighted by molar-refractivity contribution is -0.147. The van der Waals surface area contributed by atoms with Gasteiger partial charge in [-0.2, -0.15) is 8.73 Å². The largest absolute Gasteiger partial charge is 0.481 e. The highest BCUT2D eigenvalue weighted by molar-refractivity contribution is 7.89. The first-order valence-electron chi connectivity index (χ1n) is 6.24. The van der Waals surface area contributed by atoms with Crippen LogP contribution in [-0.2, 0) is 26.2 Å². The van der Waals surface area contributed by atoms with Crippen LogP contribution in [0.5, 0.6) is 0 Å². The number of carbonyl (C=O) groups is 1. The van der Waals surface area contributed by atoms with Gasteiger partial charge in [-0.15, -0.1) is 0 Å². The summed E-state index contributed by atoms with van der Waals surface area (Å²) in [5.74, 6) is -1.04. The van der Waals surface area contributed by atoms with Gasteiger partial charge in [0, 0.05) is 6.54 Å². The summed E-state index contributed by atoms with van der Waals surface area (Å²) in [5, 5.41) is 9.18. The minimum absolute atomic E-state index is 0.0117. The molecule has 114 valence electrons. The molecule has 1 aromatic carbocycles. The molecule has 0 spiro atoms. The van der Waals surface area contributed by atoms with Gasteiger partial charge in [0.05, 0.1) is 16.8 Å². The van der Waals surface area contributed by atoms with Crippen molar-refractivity contribution >= 4 is 38.7 Å². The number of aliphatic carboxylic acids is 1. The molecule has 0 radical (unpaired) electrons. The van der Waals surface area contributed by atoms with Gasteiger partial charge in [0.2, 0.25) is 10.0 Å². The highest BCUT2D eigenvalue weighted by Gasteiger charge is 2.33. The van der Waals surface area contributed by atoms with Gasteiger partial charge in [0.25, 0.3) is 0 Å². The number of fused-ring (bicyclic) bond motifs is 1. The Morgan fingerprint density at radius 2 is 2.14 bits per heavy atom. The van der Waals surface area contributed by atoms with E-state index in [1.165, 1.54) is 13.0 Å². The Morgan fingerprint density at radius 3 is 2.76 bits per heavy atom. The molecular weight excluding hydrogens is 314 g/mol. The summed E-state index contributed by atoms with van der Waals surface area (Å²) in [6.45, 7) is 3.02. The zero-order chi connectivity index (χ0) is 15.7. The Bertz CT molecular complexity index is 754. The summed E-state index contributed by atoms with van der Waals surface area (Å²) in [7, 11) is -3.84. The summed E-state index contributed by atoms with van der Waals surface area (Å²) >= 11 is 0.930. The Hall–Kier alpha value is -1.58. The van der Waals surface area contributed by atoms with Gasteiger partial charge in [-0.1, -0.05) is 13.0 Å². The monoisotopic (exact) mass is 329 g/mol. The number of hydrogen-bond donors (Lipinski definition) is 2. The first-order chi connectivity index (χ1) is 9.80. The lowest BCUT2D eigenvalue weighted by Gasteiger charge is -2.23. The number of nitrogens with one attached hydrogen (secondary N) is 1. The van der Waals surface area contributed by atoms with Gasteiger partial charge in [-0.05, 0) is 25.5 Å². The number of nitrogens with zero attached hydrogens (tertiary/aromatic N) is 2. The molecule has 1 unspecified atom stereocenters. The van der Waals surface area contributed by atoms with E-state index >= 15 is 0 Å². The minimum Gasteiger partial charge on any atom is -0.481 e. The van der Waals surface area contributed by atoms with E-state index in [2.05, 4.69) is 13.4 Å². The standard InChI is InChI=1S/C12H15N3O4S2/c1-3-12(2,11(16)17)7-13-21(18,19)9-6-4-5-8-10(9)15-20-14-8/h4-6,13H,3,7H2,1-2H3,(H,16,17). The number of carboxylic acids is 1. The van der Waals surface area contributed by atoms with Gasteiger partial charge in [0.1, 0.15) is 16.3 Å². The van der Waals surface area contributed by atoms with Gasteiger partial charge in [0.15, 0.2) is 0 Å². The molecule has 0 bridgehead atoms. The van der Waals surface area contributed by atoms with E-state index in [9.17, 15) is 18.3 Å². The van der Waals surface area contributed by atoms with Gasteiger partial charge in [-0.25, -0.2) is 13.1 Å². The van der Waals surface area contributed by atoms with Crippen molar-refractivity contribution in [1.29, 1.82) is 0 Å². The highest BCUT2D eigenvalue weighted by Crippen LogP contribution is 2.37. The average Bonchev–Trinajstić information content (AvgIpc) is 2.92. The van der Waals surface area contributed by atoms with Gasteiger partial charge >= 0.3 is 5.97 Å². The normalized spacial score (nSPS) is 16.1. The third kappa shape index (κ3) is 3.04. The van der Waals surface area contributed by atoms with Crippen LogP contribution < -0.4 is 4.72 Å².